The molecule has 2 atom stereocenters. The first-order valence-electron chi connectivity index (χ1n) is 7.86. The molecule has 5 heteroatoms. The Morgan fingerprint density at radius 3 is 2.96 bits per heavy atom. The number of nitriles is 1. The average molecular weight is 329 g/mol. The molecule has 0 spiro atoms. The molecular formula is C18H19NO3S. The first kappa shape index (κ1) is 16.0. The van der Waals surface area contributed by atoms with E-state index in [0.717, 1.165) is 38.9 Å². The molecule has 4 nitrogen and oxygen atoms in total. The topological polar surface area (TPSA) is 70.3 Å². The van der Waals surface area contributed by atoms with Crippen LogP contribution in [0.25, 0.3) is 10.1 Å². The lowest BCUT2D eigenvalue weighted by Crippen LogP contribution is -2.21. The van der Waals surface area contributed by atoms with Crippen LogP contribution in [-0.2, 0) is 9.53 Å². The summed E-state index contributed by atoms with van der Waals surface area (Å²) in [6.07, 6.45) is 1.58. The summed E-state index contributed by atoms with van der Waals surface area (Å²) >= 11 is 1.60. The Kier molecular flexibility index (Phi) is 4.38. The molecule has 0 saturated heterocycles. The molecule has 120 valence electrons. The van der Waals surface area contributed by atoms with Gasteiger partial charge in [0.15, 0.2) is 0 Å². The average Bonchev–Trinajstić information content (AvgIpc) is 2.92. The van der Waals surface area contributed by atoms with Crippen LogP contribution in [0.3, 0.4) is 0 Å². The zero-order valence-electron chi connectivity index (χ0n) is 13.3. The number of benzene rings is 1. The fourth-order valence-corrected chi connectivity index (χ4v) is 4.82. The Balaban J connectivity index is 2.26. The molecule has 0 radical (unpaired) electrons. The number of aliphatic carboxylic acids is 1. The number of ether oxygens (including phenoxy) is 1. The van der Waals surface area contributed by atoms with E-state index in [9.17, 15) is 10.1 Å². The van der Waals surface area contributed by atoms with Crippen LogP contribution in [0.15, 0.2) is 12.1 Å². The summed E-state index contributed by atoms with van der Waals surface area (Å²) in [5.41, 5.74) is 2.97. The van der Waals surface area contributed by atoms with Crippen LogP contribution in [0.5, 0.6) is 0 Å². The van der Waals surface area contributed by atoms with E-state index in [0.29, 0.717) is 12.2 Å². The smallest absolute Gasteiger partial charge is 0.306 e. The Morgan fingerprint density at radius 2 is 2.30 bits per heavy atom. The van der Waals surface area contributed by atoms with Crippen LogP contribution in [0, 0.1) is 18.3 Å². The van der Waals surface area contributed by atoms with Crippen LogP contribution in [0.1, 0.15) is 59.8 Å². The van der Waals surface area contributed by atoms with E-state index in [4.69, 9.17) is 9.84 Å². The maximum atomic E-state index is 11.2. The maximum absolute atomic E-state index is 11.2. The van der Waals surface area contributed by atoms with Gasteiger partial charge in [-0.1, -0.05) is 19.4 Å². The highest BCUT2D eigenvalue weighted by atomic mass is 32.1. The van der Waals surface area contributed by atoms with E-state index < -0.39 is 12.1 Å². The van der Waals surface area contributed by atoms with Gasteiger partial charge in [-0.2, -0.15) is 5.26 Å². The van der Waals surface area contributed by atoms with Crippen molar-refractivity contribution >= 4 is 27.4 Å². The van der Waals surface area contributed by atoms with Crippen molar-refractivity contribution in [2.24, 2.45) is 0 Å². The zero-order chi connectivity index (χ0) is 16.6. The summed E-state index contributed by atoms with van der Waals surface area (Å²) in [6, 6.07) is 6.13. The van der Waals surface area contributed by atoms with Gasteiger partial charge in [0.25, 0.3) is 0 Å². The molecule has 0 amide bonds. The van der Waals surface area contributed by atoms with E-state index in [2.05, 4.69) is 13.0 Å². The number of aryl methyl sites for hydroxylation is 1. The largest absolute Gasteiger partial charge is 0.481 e. The van der Waals surface area contributed by atoms with Crippen molar-refractivity contribution in [3.05, 3.63) is 33.7 Å². The Bertz CT molecular complexity index is 803. The monoisotopic (exact) mass is 329 g/mol. The lowest BCUT2D eigenvalue weighted by atomic mass is 9.87. The number of carbonyl (C=O) groups is 1. The summed E-state index contributed by atoms with van der Waals surface area (Å²) in [6.45, 7) is 4.70. The van der Waals surface area contributed by atoms with Gasteiger partial charge in [0.2, 0.25) is 0 Å². The summed E-state index contributed by atoms with van der Waals surface area (Å²) in [4.78, 5) is 12.2. The summed E-state index contributed by atoms with van der Waals surface area (Å²) < 4.78 is 6.96. The minimum absolute atomic E-state index is 0.0282. The van der Waals surface area contributed by atoms with Crippen molar-refractivity contribution in [2.75, 3.05) is 6.61 Å². The Labute approximate surface area is 139 Å². The highest BCUT2D eigenvalue weighted by molar-refractivity contribution is 7.19. The first-order chi connectivity index (χ1) is 11.1. The molecule has 0 fully saturated rings. The Morgan fingerprint density at radius 1 is 1.52 bits per heavy atom. The highest BCUT2D eigenvalue weighted by Gasteiger charge is 2.33. The van der Waals surface area contributed by atoms with Gasteiger partial charge >= 0.3 is 5.97 Å². The van der Waals surface area contributed by atoms with E-state index in [-0.39, 0.29) is 12.3 Å². The molecule has 23 heavy (non-hydrogen) atoms. The molecule has 0 aliphatic carbocycles. The third-order valence-electron chi connectivity index (χ3n) is 4.42. The van der Waals surface area contributed by atoms with Crippen molar-refractivity contribution in [1.29, 1.82) is 5.26 Å². The second kappa shape index (κ2) is 6.31. The molecule has 0 bridgehead atoms. The van der Waals surface area contributed by atoms with Gasteiger partial charge in [-0.25, -0.2) is 0 Å². The number of hydrogen-bond donors (Lipinski definition) is 1. The van der Waals surface area contributed by atoms with Gasteiger partial charge in [-0.05, 0) is 30.5 Å². The normalized spacial score (nSPS) is 20.2. The van der Waals surface area contributed by atoms with Crippen LogP contribution in [0.2, 0.25) is 0 Å². The van der Waals surface area contributed by atoms with E-state index in [1.165, 1.54) is 0 Å². The highest BCUT2D eigenvalue weighted by Crippen LogP contribution is 2.48. The molecule has 2 heterocycles. The van der Waals surface area contributed by atoms with Crippen molar-refractivity contribution in [3.63, 3.8) is 0 Å². The first-order valence-corrected chi connectivity index (χ1v) is 8.67. The predicted molar refractivity (Wildman–Crippen MR) is 89.9 cm³/mol. The molecule has 3 rings (SSSR count). The molecule has 1 aromatic carbocycles. The minimum Gasteiger partial charge on any atom is -0.481 e. The van der Waals surface area contributed by atoms with Gasteiger partial charge in [0.1, 0.15) is 6.10 Å². The third-order valence-corrected chi connectivity index (χ3v) is 5.85. The van der Waals surface area contributed by atoms with E-state index >= 15 is 0 Å². The number of thiophene rings is 1. The summed E-state index contributed by atoms with van der Waals surface area (Å²) in [7, 11) is 0. The third kappa shape index (κ3) is 2.73. The standard InChI is InChI=1S/C18H19NO3S/c1-3-4-12-9-22-13(7-14(20)21)18-16(12)15-11(8-19)6-5-10(2)17(15)23-18/h5-6,12-13H,3-4,7,9H2,1-2H3,(H,20,21)/t12?,13-/m1/s1. The van der Waals surface area contributed by atoms with Gasteiger partial charge < -0.3 is 9.84 Å². The molecule has 1 N–H and O–H groups in total. The summed E-state index contributed by atoms with van der Waals surface area (Å²) in [5.74, 6) is -0.618. The lowest BCUT2D eigenvalue weighted by molar-refractivity contribution is -0.140. The number of carboxylic acid groups (broad SMARTS) is 1. The molecule has 1 aliphatic rings. The van der Waals surface area contributed by atoms with E-state index in [1.54, 1.807) is 11.3 Å². The second-order valence-corrected chi connectivity index (χ2v) is 7.08. The fraction of sp³-hybridized carbons (Fsp3) is 0.444. The molecule has 1 aliphatic heterocycles. The van der Waals surface area contributed by atoms with Crippen molar-refractivity contribution in [3.8, 4) is 6.07 Å². The number of carboxylic acids is 1. The maximum Gasteiger partial charge on any atom is 0.306 e. The second-order valence-electron chi connectivity index (χ2n) is 6.03. The molecule has 2 aromatic rings. The number of hydrogen-bond acceptors (Lipinski definition) is 4. The van der Waals surface area contributed by atoms with Gasteiger partial charge in [0.05, 0.1) is 24.7 Å². The number of nitrogens with zero attached hydrogens (tertiary/aromatic N) is 1. The van der Waals surface area contributed by atoms with Crippen LogP contribution >= 0.6 is 11.3 Å². The van der Waals surface area contributed by atoms with Gasteiger partial charge in [-0.3, -0.25) is 4.79 Å². The molecule has 1 aromatic heterocycles. The van der Waals surface area contributed by atoms with Gasteiger partial charge in [0, 0.05) is 20.9 Å². The number of fused-ring (bicyclic) bond motifs is 3. The van der Waals surface area contributed by atoms with Crippen molar-refractivity contribution in [2.45, 2.75) is 45.1 Å². The van der Waals surface area contributed by atoms with Crippen molar-refractivity contribution < 1.29 is 14.6 Å². The van der Waals surface area contributed by atoms with Crippen LogP contribution < -0.4 is 0 Å². The van der Waals surface area contributed by atoms with Crippen LogP contribution in [0.4, 0.5) is 0 Å². The SMILES string of the molecule is CCCC1CO[C@H](CC(=O)O)c2sc3c(C)ccc(C#N)c3c21. The predicted octanol–water partition coefficient (Wildman–Crippen LogP) is 4.51. The quantitative estimate of drug-likeness (QED) is 0.896. The fourth-order valence-electron chi connectivity index (χ4n) is 3.39. The lowest BCUT2D eigenvalue weighted by Gasteiger charge is -2.29. The Hall–Kier alpha value is -1.90. The van der Waals surface area contributed by atoms with Crippen LogP contribution in [-0.4, -0.2) is 17.7 Å². The minimum atomic E-state index is -0.857. The molecule has 0 saturated carbocycles. The molecule has 1 unspecified atom stereocenters. The van der Waals surface area contributed by atoms with E-state index in [1.807, 2.05) is 19.1 Å². The summed E-state index contributed by atoms with van der Waals surface area (Å²) in [5, 5.41) is 19.7. The molecular weight excluding hydrogens is 310 g/mol. The van der Waals surface area contributed by atoms with Gasteiger partial charge in [-0.15, -0.1) is 11.3 Å². The number of rotatable bonds is 4. The van der Waals surface area contributed by atoms with Crippen molar-refractivity contribution in [1.82, 2.24) is 0 Å². The zero-order valence-corrected chi connectivity index (χ0v) is 14.1.